The number of aliphatic hydroxyl groups is 1. The molecule has 0 aliphatic heterocycles. The molecule has 2 fully saturated rings. The van der Waals surface area contributed by atoms with Gasteiger partial charge in [-0.15, -0.1) is 0 Å². The highest BCUT2D eigenvalue weighted by atomic mass is 16.4. The molecule has 14 heavy (non-hydrogen) atoms. The highest BCUT2D eigenvalue weighted by Crippen LogP contribution is 2.67. The maximum atomic E-state index is 10.8. The molecule has 0 aromatic carbocycles. The third-order valence-electron chi connectivity index (χ3n) is 4.98. The first-order valence-electron chi connectivity index (χ1n) is 5.30. The first-order valence-corrected chi connectivity index (χ1v) is 5.30. The van der Waals surface area contributed by atoms with Crippen molar-refractivity contribution in [2.24, 2.45) is 16.7 Å². The van der Waals surface area contributed by atoms with Gasteiger partial charge in [0, 0.05) is 0 Å². The average molecular weight is 198 g/mol. The quantitative estimate of drug-likeness (QED) is 0.709. The van der Waals surface area contributed by atoms with E-state index >= 15 is 0 Å². The van der Waals surface area contributed by atoms with Crippen LogP contribution in [0.25, 0.3) is 0 Å². The Hall–Kier alpha value is -0.570. The molecule has 0 aromatic rings. The molecule has 2 saturated carbocycles. The van der Waals surface area contributed by atoms with Gasteiger partial charge in [0.1, 0.15) is 0 Å². The number of carbonyl (C=O) groups is 1. The van der Waals surface area contributed by atoms with E-state index in [0.717, 1.165) is 19.3 Å². The standard InChI is InChI=1S/C11H18O3/c1-10-4-3-7(5-8(10)12)11(10,2)6-9(13)14/h7-8,12H,3-6H2,1-2H3,(H,13,14)/t7-,8-,10-,11+/m0/s1. The molecule has 0 radical (unpaired) electrons. The fraction of sp³-hybridized carbons (Fsp3) is 0.909. The minimum atomic E-state index is -0.736. The Morgan fingerprint density at radius 1 is 1.50 bits per heavy atom. The Balaban J connectivity index is 2.31. The Morgan fingerprint density at radius 2 is 2.14 bits per heavy atom. The molecule has 0 spiro atoms. The molecular weight excluding hydrogens is 180 g/mol. The maximum Gasteiger partial charge on any atom is 0.303 e. The molecular formula is C11H18O3. The number of aliphatic hydroxyl groups excluding tert-OH is 1. The topological polar surface area (TPSA) is 57.5 Å². The molecule has 0 heterocycles. The second-order valence-electron chi connectivity index (χ2n) is 5.39. The van der Waals surface area contributed by atoms with Crippen LogP contribution in [0, 0.1) is 16.7 Å². The summed E-state index contributed by atoms with van der Waals surface area (Å²) in [6, 6.07) is 0. The highest BCUT2D eigenvalue weighted by Gasteiger charge is 2.63. The van der Waals surface area contributed by atoms with E-state index in [0.29, 0.717) is 5.92 Å². The van der Waals surface area contributed by atoms with Gasteiger partial charge in [-0.25, -0.2) is 0 Å². The van der Waals surface area contributed by atoms with Gasteiger partial charge in [-0.2, -0.15) is 0 Å². The zero-order chi connectivity index (χ0) is 10.6. The van der Waals surface area contributed by atoms with Gasteiger partial charge in [-0.3, -0.25) is 4.79 Å². The largest absolute Gasteiger partial charge is 0.481 e. The number of aliphatic carboxylic acids is 1. The smallest absolute Gasteiger partial charge is 0.303 e. The zero-order valence-corrected chi connectivity index (χ0v) is 8.79. The van der Waals surface area contributed by atoms with E-state index in [1.165, 1.54) is 0 Å². The number of hydrogen-bond acceptors (Lipinski definition) is 2. The van der Waals surface area contributed by atoms with Gasteiger partial charge in [0.25, 0.3) is 0 Å². The molecule has 80 valence electrons. The van der Waals surface area contributed by atoms with Crippen molar-refractivity contribution in [2.45, 2.75) is 45.6 Å². The van der Waals surface area contributed by atoms with Crippen LogP contribution in [0.5, 0.6) is 0 Å². The van der Waals surface area contributed by atoms with E-state index in [-0.39, 0.29) is 23.4 Å². The van der Waals surface area contributed by atoms with Crippen molar-refractivity contribution in [1.82, 2.24) is 0 Å². The molecule has 2 aliphatic carbocycles. The number of fused-ring (bicyclic) bond motifs is 2. The van der Waals surface area contributed by atoms with Crippen LogP contribution in [0.4, 0.5) is 0 Å². The Labute approximate surface area is 84.1 Å². The monoisotopic (exact) mass is 198 g/mol. The fourth-order valence-corrected chi connectivity index (χ4v) is 3.66. The van der Waals surface area contributed by atoms with Crippen molar-refractivity contribution in [1.29, 1.82) is 0 Å². The van der Waals surface area contributed by atoms with Crippen molar-refractivity contribution in [3.8, 4) is 0 Å². The Morgan fingerprint density at radius 3 is 2.50 bits per heavy atom. The van der Waals surface area contributed by atoms with Crippen LogP contribution in [-0.2, 0) is 4.79 Å². The minimum absolute atomic E-state index is 0.171. The van der Waals surface area contributed by atoms with Gasteiger partial charge >= 0.3 is 5.97 Å². The van der Waals surface area contributed by atoms with E-state index in [4.69, 9.17) is 5.11 Å². The summed E-state index contributed by atoms with van der Waals surface area (Å²) in [4.78, 5) is 10.8. The van der Waals surface area contributed by atoms with Gasteiger partial charge in [0.2, 0.25) is 0 Å². The van der Waals surface area contributed by atoms with E-state index in [2.05, 4.69) is 0 Å². The van der Waals surface area contributed by atoms with Gasteiger partial charge < -0.3 is 10.2 Å². The molecule has 0 amide bonds. The summed E-state index contributed by atoms with van der Waals surface area (Å²) in [5, 5.41) is 18.9. The number of rotatable bonds is 2. The summed E-state index contributed by atoms with van der Waals surface area (Å²) in [5.41, 5.74) is -0.367. The molecule has 4 atom stereocenters. The summed E-state index contributed by atoms with van der Waals surface area (Å²) in [7, 11) is 0. The molecule has 2 N–H and O–H groups in total. The fourth-order valence-electron chi connectivity index (χ4n) is 3.66. The third-order valence-corrected chi connectivity index (χ3v) is 4.98. The van der Waals surface area contributed by atoms with Crippen LogP contribution in [0.15, 0.2) is 0 Å². The minimum Gasteiger partial charge on any atom is -0.481 e. The van der Waals surface area contributed by atoms with Crippen LogP contribution in [0.2, 0.25) is 0 Å². The second kappa shape index (κ2) is 2.72. The molecule has 2 rings (SSSR count). The van der Waals surface area contributed by atoms with E-state index in [1.807, 2.05) is 13.8 Å². The maximum absolute atomic E-state index is 10.8. The van der Waals surface area contributed by atoms with Crippen LogP contribution in [0.1, 0.15) is 39.5 Å². The normalized spacial score (nSPS) is 51.1. The second-order valence-corrected chi connectivity index (χ2v) is 5.39. The molecule has 3 nitrogen and oxygen atoms in total. The number of hydrogen-bond donors (Lipinski definition) is 2. The van der Waals surface area contributed by atoms with Gasteiger partial charge in [-0.05, 0) is 36.0 Å². The summed E-state index contributed by atoms with van der Waals surface area (Å²) >= 11 is 0. The van der Waals surface area contributed by atoms with Gasteiger partial charge in [0.15, 0.2) is 0 Å². The lowest BCUT2D eigenvalue weighted by atomic mass is 9.66. The Bertz CT molecular complexity index is 276. The third kappa shape index (κ3) is 0.991. The first-order chi connectivity index (χ1) is 6.40. The zero-order valence-electron chi connectivity index (χ0n) is 8.79. The van der Waals surface area contributed by atoms with Crippen molar-refractivity contribution >= 4 is 5.97 Å². The lowest BCUT2D eigenvalue weighted by molar-refractivity contribution is -0.142. The average Bonchev–Trinajstić information content (AvgIpc) is 2.37. The predicted molar refractivity (Wildman–Crippen MR) is 51.8 cm³/mol. The van der Waals surface area contributed by atoms with Crippen LogP contribution >= 0.6 is 0 Å². The molecule has 2 bridgehead atoms. The van der Waals surface area contributed by atoms with Crippen molar-refractivity contribution < 1.29 is 15.0 Å². The van der Waals surface area contributed by atoms with Crippen LogP contribution in [-0.4, -0.2) is 22.3 Å². The number of carboxylic acids is 1. The Kier molecular flexibility index (Phi) is 1.94. The van der Waals surface area contributed by atoms with Crippen molar-refractivity contribution in [3.63, 3.8) is 0 Å². The van der Waals surface area contributed by atoms with Gasteiger partial charge in [0.05, 0.1) is 12.5 Å². The van der Waals surface area contributed by atoms with Crippen LogP contribution in [0.3, 0.4) is 0 Å². The highest BCUT2D eigenvalue weighted by molar-refractivity contribution is 5.68. The lowest BCUT2D eigenvalue weighted by Gasteiger charge is -2.38. The SMILES string of the molecule is C[C@]12CC[C@@H](C[C@@H]1O)[C@@]2(C)CC(=O)O. The summed E-state index contributed by atoms with van der Waals surface area (Å²) in [6.45, 7) is 4.09. The summed E-state index contributed by atoms with van der Waals surface area (Å²) in [5.74, 6) is -0.335. The summed E-state index contributed by atoms with van der Waals surface area (Å²) < 4.78 is 0. The molecule has 0 saturated heterocycles. The molecule has 2 aliphatic rings. The molecule has 0 aromatic heterocycles. The van der Waals surface area contributed by atoms with E-state index in [9.17, 15) is 9.90 Å². The predicted octanol–water partition coefficient (Wildman–Crippen LogP) is 1.65. The van der Waals surface area contributed by atoms with Crippen LogP contribution < -0.4 is 0 Å². The van der Waals surface area contributed by atoms with E-state index in [1.54, 1.807) is 0 Å². The van der Waals surface area contributed by atoms with Crippen molar-refractivity contribution in [2.75, 3.05) is 0 Å². The molecule has 0 unspecified atom stereocenters. The molecule has 3 heteroatoms. The van der Waals surface area contributed by atoms with Crippen molar-refractivity contribution in [3.05, 3.63) is 0 Å². The lowest BCUT2D eigenvalue weighted by Crippen LogP contribution is -2.38. The first kappa shape index (κ1) is 9.97. The van der Waals surface area contributed by atoms with Gasteiger partial charge in [-0.1, -0.05) is 13.8 Å². The summed E-state index contributed by atoms with van der Waals surface area (Å²) in [6.07, 6.45) is 2.75. The van der Waals surface area contributed by atoms with E-state index < -0.39 is 5.97 Å². The number of carboxylic acid groups (broad SMARTS) is 1.